The third kappa shape index (κ3) is 6.33. The lowest BCUT2D eigenvalue weighted by Crippen LogP contribution is -2.15. The third-order valence-electron chi connectivity index (χ3n) is 7.08. The molecule has 0 heterocycles. The van der Waals surface area contributed by atoms with Crippen molar-refractivity contribution in [1.82, 2.24) is 0 Å². The van der Waals surface area contributed by atoms with E-state index in [0.717, 1.165) is 22.6 Å². The van der Waals surface area contributed by atoms with Gasteiger partial charge in [0.15, 0.2) is 0 Å². The lowest BCUT2D eigenvalue weighted by molar-refractivity contribution is 1.29. The zero-order chi connectivity index (χ0) is 28.4. The molecule has 6 aromatic rings. The Hall–Kier alpha value is -4.97. The van der Waals surface area contributed by atoms with Crippen LogP contribution in [0, 0.1) is 0 Å². The summed E-state index contributed by atoms with van der Waals surface area (Å²) >= 11 is 0. The van der Waals surface area contributed by atoms with Crippen molar-refractivity contribution in [2.75, 3.05) is 4.90 Å². The minimum Gasteiger partial charge on any atom is -0.310 e. The fourth-order valence-corrected chi connectivity index (χ4v) is 7.56. The molecule has 42 heavy (non-hydrogen) atoms. The maximum Gasteiger partial charge on any atom is 0.0534 e. The van der Waals surface area contributed by atoms with Crippen molar-refractivity contribution in [2.45, 2.75) is 0 Å². The molecule has 0 amide bonds. The first-order chi connectivity index (χ1) is 20.9. The van der Waals surface area contributed by atoms with Gasteiger partial charge in [-0.2, -0.15) is 0 Å². The molecule has 6 rings (SSSR count). The van der Waals surface area contributed by atoms with E-state index in [2.05, 4.69) is 199 Å². The summed E-state index contributed by atoms with van der Waals surface area (Å²) in [4.78, 5) is 2.35. The second-order valence-corrected chi connectivity index (χ2v) is 12.0. The van der Waals surface area contributed by atoms with Crippen molar-refractivity contribution < 1.29 is 0 Å². The van der Waals surface area contributed by atoms with E-state index in [0.29, 0.717) is 0 Å². The molecule has 1 nitrogen and oxygen atoms in total. The highest BCUT2D eigenvalue weighted by Gasteiger charge is 2.21. The number of anilines is 2. The van der Waals surface area contributed by atoms with Gasteiger partial charge in [-0.05, 0) is 65.3 Å². The van der Waals surface area contributed by atoms with Crippen LogP contribution in [0.4, 0.5) is 11.4 Å². The van der Waals surface area contributed by atoms with E-state index >= 15 is 0 Å². The van der Waals surface area contributed by atoms with E-state index < -0.39 is 7.92 Å². The summed E-state index contributed by atoms with van der Waals surface area (Å²) < 4.78 is 0. The van der Waals surface area contributed by atoms with E-state index in [1.54, 1.807) is 0 Å². The summed E-state index contributed by atoms with van der Waals surface area (Å²) in [7, 11) is -0.820. The highest BCUT2D eigenvalue weighted by atomic mass is 31.1. The molecular formula is C40H32NP. The Morgan fingerprint density at radius 1 is 0.381 bits per heavy atom. The first-order valence-corrected chi connectivity index (χ1v) is 15.6. The lowest BCUT2D eigenvalue weighted by Gasteiger charge is -2.28. The molecule has 0 aliphatic heterocycles. The molecule has 0 saturated carbocycles. The van der Waals surface area contributed by atoms with Crippen molar-refractivity contribution in [3.8, 4) is 0 Å². The molecule has 0 aliphatic carbocycles. The number of nitrogens with zero attached hydrogens (tertiary/aromatic N) is 1. The maximum absolute atomic E-state index is 2.35. The molecule has 0 aliphatic rings. The number of hydrogen-bond donors (Lipinski definition) is 0. The second-order valence-electron chi connectivity index (χ2n) is 9.85. The Morgan fingerprint density at radius 3 is 1.17 bits per heavy atom. The van der Waals surface area contributed by atoms with Crippen molar-refractivity contribution in [1.29, 1.82) is 0 Å². The van der Waals surface area contributed by atoms with Crippen molar-refractivity contribution in [2.24, 2.45) is 0 Å². The van der Waals surface area contributed by atoms with Gasteiger partial charge >= 0.3 is 0 Å². The van der Waals surface area contributed by atoms with Crippen LogP contribution in [0.5, 0.6) is 0 Å². The Bertz CT molecular complexity index is 1520. The van der Waals surface area contributed by atoms with Gasteiger partial charge in [-0.15, -0.1) is 0 Å². The average molecular weight is 558 g/mol. The van der Waals surface area contributed by atoms with Crippen LogP contribution >= 0.6 is 7.92 Å². The fourth-order valence-electron chi connectivity index (χ4n) is 5.14. The maximum atomic E-state index is 2.35. The number of allylic oxidation sites excluding steroid dienone is 2. The van der Waals surface area contributed by atoms with Gasteiger partial charge in [-0.25, -0.2) is 0 Å². The normalized spacial score (nSPS) is 11.8. The van der Waals surface area contributed by atoms with Crippen molar-refractivity contribution >= 4 is 40.9 Å². The van der Waals surface area contributed by atoms with Crippen LogP contribution in [0.15, 0.2) is 194 Å². The highest BCUT2D eigenvalue weighted by molar-refractivity contribution is 7.82. The smallest absolute Gasteiger partial charge is 0.0534 e. The van der Waals surface area contributed by atoms with Gasteiger partial charge in [0.2, 0.25) is 0 Å². The van der Waals surface area contributed by atoms with Gasteiger partial charge in [-0.1, -0.05) is 164 Å². The summed E-state index contributed by atoms with van der Waals surface area (Å²) in [5, 5.41) is 3.95. The molecule has 2 heteroatoms. The first-order valence-electron chi connectivity index (χ1n) is 14.2. The highest BCUT2D eigenvalue weighted by Crippen LogP contribution is 2.49. The SMILES string of the molecule is C(/C=C(\c1ccccc1)P(c1ccccc1)c1ccccc1)=C(\c1ccccc1)N(c1ccccc1)c1ccccc1. The van der Waals surface area contributed by atoms with Gasteiger partial charge in [-0.3, -0.25) is 0 Å². The molecule has 0 unspecified atom stereocenters. The Labute approximate surface area is 250 Å². The molecule has 202 valence electrons. The monoisotopic (exact) mass is 557 g/mol. The molecule has 0 fully saturated rings. The van der Waals surface area contributed by atoms with Gasteiger partial charge < -0.3 is 4.90 Å². The van der Waals surface area contributed by atoms with Crippen LogP contribution in [-0.4, -0.2) is 0 Å². The average Bonchev–Trinajstić information content (AvgIpc) is 3.08. The molecule has 0 saturated heterocycles. The van der Waals surface area contributed by atoms with Gasteiger partial charge in [0, 0.05) is 11.4 Å². The molecule has 0 atom stereocenters. The van der Waals surface area contributed by atoms with Gasteiger partial charge in [0.05, 0.1) is 5.70 Å². The Balaban J connectivity index is 1.61. The summed E-state index contributed by atoms with van der Waals surface area (Å²) in [5.41, 5.74) is 5.71. The zero-order valence-corrected chi connectivity index (χ0v) is 24.3. The van der Waals surface area contributed by atoms with Crippen LogP contribution in [0.1, 0.15) is 11.1 Å². The zero-order valence-electron chi connectivity index (χ0n) is 23.4. The first kappa shape index (κ1) is 27.2. The largest absolute Gasteiger partial charge is 0.310 e. The van der Waals surface area contributed by atoms with Gasteiger partial charge in [0.1, 0.15) is 0 Å². The van der Waals surface area contributed by atoms with Crippen molar-refractivity contribution in [3.63, 3.8) is 0 Å². The quantitative estimate of drug-likeness (QED) is 0.126. The predicted octanol–water partition coefficient (Wildman–Crippen LogP) is 10.0. The third-order valence-corrected chi connectivity index (χ3v) is 9.60. The minimum atomic E-state index is -0.820. The molecule has 0 bridgehead atoms. The van der Waals surface area contributed by atoms with E-state index in [1.807, 2.05) is 0 Å². The Morgan fingerprint density at radius 2 is 0.738 bits per heavy atom. The molecule has 0 spiro atoms. The van der Waals surface area contributed by atoms with E-state index in [1.165, 1.54) is 21.5 Å². The lowest BCUT2D eigenvalue weighted by atomic mass is 10.1. The van der Waals surface area contributed by atoms with E-state index in [9.17, 15) is 0 Å². The van der Waals surface area contributed by atoms with Crippen LogP contribution < -0.4 is 15.5 Å². The van der Waals surface area contributed by atoms with Crippen LogP contribution in [0.2, 0.25) is 0 Å². The molecular weight excluding hydrogens is 525 g/mol. The molecule has 0 radical (unpaired) electrons. The summed E-state index contributed by atoms with van der Waals surface area (Å²) in [6, 6.07) is 64.6. The van der Waals surface area contributed by atoms with Crippen LogP contribution in [-0.2, 0) is 0 Å². The summed E-state index contributed by atoms with van der Waals surface area (Å²) in [6.45, 7) is 0. The van der Waals surface area contributed by atoms with E-state index in [4.69, 9.17) is 0 Å². The summed E-state index contributed by atoms with van der Waals surface area (Å²) in [6.07, 6.45) is 4.65. The van der Waals surface area contributed by atoms with Crippen LogP contribution in [0.3, 0.4) is 0 Å². The number of para-hydroxylation sites is 2. The number of benzene rings is 6. The Kier molecular flexibility index (Phi) is 8.81. The van der Waals surface area contributed by atoms with Crippen LogP contribution in [0.25, 0.3) is 11.0 Å². The van der Waals surface area contributed by atoms with Crippen molar-refractivity contribution in [3.05, 3.63) is 205 Å². The molecule has 6 aromatic carbocycles. The molecule has 0 aromatic heterocycles. The number of rotatable bonds is 9. The molecule has 0 N–H and O–H groups in total. The van der Waals surface area contributed by atoms with Gasteiger partial charge in [0.25, 0.3) is 0 Å². The minimum absolute atomic E-state index is 0.820. The second kappa shape index (κ2) is 13.6. The summed E-state index contributed by atoms with van der Waals surface area (Å²) in [5.74, 6) is 0. The topological polar surface area (TPSA) is 3.24 Å². The number of hydrogen-bond acceptors (Lipinski definition) is 1. The predicted molar refractivity (Wildman–Crippen MR) is 183 cm³/mol. The van der Waals surface area contributed by atoms with E-state index in [-0.39, 0.29) is 0 Å². The standard InChI is InChI=1S/C40H32NP/c1-7-19-33(20-8-1)39(41(35-23-11-3-12-24-35)36-25-13-4-14-26-36)31-32-40(34-21-9-2-10-22-34)42(37-27-15-5-16-28-37)38-29-17-6-18-30-38/h1-32H/b39-31-,40-32+. The fraction of sp³-hybridized carbons (Fsp3) is 0.